The summed E-state index contributed by atoms with van der Waals surface area (Å²) in [5.74, 6) is 0.441. The molecule has 0 unspecified atom stereocenters. The van der Waals surface area contributed by atoms with Crippen LogP contribution in [0, 0.1) is 0 Å². The first-order valence-electron chi connectivity index (χ1n) is 5.95. The van der Waals surface area contributed by atoms with Crippen molar-refractivity contribution in [2.45, 2.75) is 19.4 Å². The molecule has 104 valence electrons. The second-order valence-electron chi connectivity index (χ2n) is 4.92. The molecule has 0 saturated carbocycles. The number of ether oxygens (including phenoxy) is 1. The Bertz CT molecular complexity index is 504. The number of aromatic nitrogens is 3. The van der Waals surface area contributed by atoms with Gasteiger partial charge in [0.1, 0.15) is 5.54 Å². The van der Waals surface area contributed by atoms with Gasteiger partial charge in [0.05, 0.1) is 7.11 Å². The van der Waals surface area contributed by atoms with Crippen LogP contribution in [-0.4, -0.2) is 58.5 Å². The highest BCUT2D eigenvalue weighted by Crippen LogP contribution is 2.26. The largest absolute Gasteiger partial charge is 0.467 e. The van der Waals surface area contributed by atoms with Crippen LogP contribution in [0.3, 0.4) is 0 Å². The Labute approximate surface area is 111 Å². The summed E-state index contributed by atoms with van der Waals surface area (Å²) in [6, 6.07) is 0.143. The van der Waals surface area contributed by atoms with Crippen LogP contribution in [0.25, 0.3) is 0 Å². The van der Waals surface area contributed by atoms with E-state index in [1.807, 2.05) is 18.7 Å². The molecule has 0 radical (unpaired) electrons. The molecule has 0 bridgehead atoms. The quantitative estimate of drug-likeness (QED) is 0.772. The zero-order valence-corrected chi connectivity index (χ0v) is 11.5. The van der Waals surface area contributed by atoms with Gasteiger partial charge in [-0.05, 0) is 13.8 Å². The highest BCUT2D eigenvalue weighted by atomic mass is 16.5. The van der Waals surface area contributed by atoms with Gasteiger partial charge in [-0.25, -0.2) is 0 Å². The zero-order chi connectivity index (χ0) is 14.2. The molecule has 8 heteroatoms. The molecule has 0 atom stereocenters. The number of carbonyl (C=O) groups excluding carboxylic acids is 1. The second kappa shape index (κ2) is 4.52. The van der Waals surface area contributed by atoms with Crippen LogP contribution in [-0.2, 0) is 4.79 Å². The molecule has 1 aromatic rings. The maximum Gasteiger partial charge on any atom is 0.322 e. The molecule has 8 nitrogen and oxygen atoms in total. The van der Waals surface area contributed by atoms with Crippen LogP contribution in [0.5, 0.6) is 6.01 Å². The number of hydrogen-bond acceptors (Lipinski definition) is 7. The summed E-state index contributed by atoms with van der Waals surface area (Å²) in [5, 5.41) is 0. The summed E-state index contributed by atoms with van der Waals surface area (Å²) in [7, 11) is 3.24. The number of nitrogens with two attached hydrogens (primary N) is 1. The Kier molecular flexibility index (Phi) is 3.17. The summed E-state index contributed by atoms with van der Waals surface area (Å²) >= 11 is 0. The molecule has 1 aliphatic rings. The minimum atomic E-state index is -0.730. The molecule has 2 N–H and O–H groups in total. The normalized spacial score (nSPS) is 18.6. The monoisotopic (exact) mass is 266 g/mol. The Morgan fingerprint density at radius 2 is 1.95 bits per heavy atom. The maximum absolute atomic E-state index is 12.2. The first-order valence-corrected chi connectivity index (χ1v) is 5.95. The molecule has 19 heavy (non-hydrogen) atoms. The molecule has 1 saturated heterocycles. The first-order chi connectivity index (χ1) is 8.86. The van der Waals surface area contributed by atoms with E-state index in [1.54, 1.807) is 11.9 Å². The Morgan fingerprint density at radius 1 is 1.26 bits per heavy atom. The number of carbonyl (C=O) groups is 1. The van der Waals surface area contributed by atoms with Crippen LogP contribution >= 0.6 is 0 Å². The minimum absolute atomic E-state index is 0.0108. The number of nitrogens with zero attached hydrogens (tertiary/aromatic N) is 5. The van der Waals surface area contributed by atoms with E-state index in [0.717, 1.165) is 0 Å². The molecule has 0 aliphatic carbocycles. The summed E-state index contributed by atoms with van der Waals surface area (Å²) < 4.78 is 4.98. The Hall–Kier alpha value is -2.12. The van der Waals surface area contributed by atoms with E-state index in [2.05, 4.69) is 15.0 Å². The van der Waals surface area contributed by atoms with Crippen molar-refractivity contribution in [3.63, 3.8) is 0 Å². The maximum atomic E-state index is 12.2. The van der Waals surface area contributed by atoms with E-state index >= 15 is 0 Å². The lowest BCUT2D eigenvalue weighted by atomic mass is 9.98. The average molecular weight is 266 g/mol. The molecular formula is C11H18N6O2. The summed E-state index contributed by atoms with van der Waals surface area (Å²) in [6.45, 7) is 4.90. The van der Waals surface area contributed by atoms with E-state index in [9.17, 15) is 4.79 Å². The molecule has 2 heterocycles. The Balaban J connectivity index is 2.41. The third kappa shape index (κ3) is 2.25. The predicted molar refractivity (Wildman–Crippen MR) is 69.9 cm³/mol. The van der Waals surface area contributed by atoms with Crippen molar-refractivity contribution in [3.05, 3.63) is 0 Å². The van der Waals surface area contributed by atoms with Gasteiger partial charge in [0.2, 0.25) is 17.8 Å². The van der Waals surface area contributed by atoms with Crippen molar-refractivity contribution < 1.29 is 9.53 Å². The Morgan fingerprint density at radius 3 is 2.58 bits per heavy atom. The summed E-state index contributed by atoms with van der Waals surface area (Å²) in [5.41, 5.74) is 4.90. The molecule has 2 rings (SSSR count). The van der Waals surface area contributed by atoms with Crippen molar-refractivity contribution in [2.75, 3.05) is 37.9 Å². The lowest BCUT2D eigenvalue weighted by Crippen LogP contribution is -2.62. The van der Waals surface area contributed by atoms with Gasteiger partial charge < -0.3 is 20.3 Å². The fourth-order valence-electron chi connectivity index (χ4n) is 2.14. The first kappa shape index (κ1) is 13.3. The molecule has 1 amide bonds. The standard InChI is InChI=1S/C11H18N6O2/c1-11(2)7(18)16(3)5-6-17(11)9-13-8(12)14-10(15-9)19-4/h5-6H2,1-4H3,(H2,12,13,14,15). The predicted octanol–water partition coefficient (Wildman–Crippen LogP) is -0.481. The SMILES string of the molecule is COc1nc(N)nc(N2CCN(C)C(=O)C2(C)C)n1. The van der Waals surface area contributed by atoms with Gasteiger partial charge >= 0.3 is 6.01 Å². The van der Waals surface area contributed by atoms with Crippen molar-refractivity contribution in [2.24, 2.45) is 0 Å². The van der Waals surface area contributed by atoms with Crippen LogP contribution in [0.1, 0.15) is 13.8 Å². The number of nitrogen functional groups attached to an aromatic ring is 1. The van der Waals surface area contributed by atoms with Gasteiger partial charge in [-0.3, -0.25) is 4.79 Å². The van der Waals surface area contributed by atoms with E-state index in [-0.39, 0.29) is 17.9 Å². The average Bonchev–Trinajstić information content (AvgIpc) is 2.35. The fraction of sp³-hybridized carbons (Fsp3) is 0.636. The zero-order valence-electron chi connectivity index (χ0n) is 11.5. The molecule has 1 aromatic heterocycles. The molecular weight excluding hydrogens is 248 g/mol. The number of amides is 1. The fourth-order valence-corrected chi connectivity index (χ4v) is 2.14. The van der Waals surface area contributed by atoms with Crippen LogP contribution < -0.4 is 15.4 Å². The number of rotatable bonds is 2. The number of piperazine rings is 1. The molecule has 1 fully saturated rings. The van der Waals surface area contributed by atoms with Gasteiger partial charge in [-0.15, -0.1) is 0 Å². The van der Waals surface area contributed by atoms with Gasteiger partial charge in [-0.1, -0.05) is 0 Å². The van der Waals surface area contributed by atoms with E-state index < -0.39 is 5.54 Å². The van der Waals surface area contributed by atoms with Crippen LogP contribution in [0.15, 0.2) is 0 Å². The van der Waals surface area contributed by atoms with Gasteiger partial charge in [0, 0.05) is 20.1 Å². The van der Waals surface area contributed by atoms with Gasteiger partial charge in [0.25, 0.3) is 0 Å². The van der Waals surface area contributed by atoms with E-state index in [0.29, 0.717) is 19.0 Å². The molecule has 0 aromatic carbocycles. The third-order valence-electron chi connectivity index (χ3n) is 3.25. The van der Waals surface area contributed by atoms with Crippen molar-refractivity contribution >= 4 is 17.8 Å². The molecule has 0 spiro atoms. The highest BCUT2D eigenvalue weighted by Gasteiger charge is 2.42. The van der Waals surface area contributed by atoms with Crippen LogP contribution in [0.4, 0.5) is 11.9 Å². The highest BCUT2D eigenvalue weighted by molar-refractivity contribution is 5.89. The topological polar surface area (TPSA) is 97.5 Å². The minimum Gasteiger partial charge on any atom is -0.467 e. The number of hydrogen-bond donors (Lipinski definition) is 1. The lowest BCUT2D eigenvalue weighted by Gasteiger charge is -2.44. The van der Waals surface area contributed by atoms with Crippen molar-refractivity contribution in [1.29, 1.82) is 0 Å². The van der Waals surface area contributed by atoms with E-state index in [1.165, 1.54) is 7.11 Å². The summed E-state index contributed by atoms with van der Waals surface area (Å²) in [4.78, 5) is 27.8. The van der Waals surface area contributed by atoms with Gasteiger partial charge in [0.15, 0.2) is 0 Å². The van der Waals surface area contributed by atoms with Crippen molar-refractivity contribution in [3.8, 4) is 6.01 Å². The van der Waals surface area contributed by atoms with Crippen LogP contribution in [0.2, 0.25) is 0 Å². The lowest BCUT2D eigenvalue weighted by molar-refractivity contribution is -0.136. The van der Waals surface area contributed by atoms with E-state index in [4.69, 9.17) is 10.5 Å². The number of anilines is 2. The second-order valence-corrected chi connectivity index (χ2v) is 4.92. The van der Waals surface area contributed by atoms with Crippen molar-refractivity contribution in [1.82, 2.24) is 19.9 Å². The smallest absolute Gasteiger partial charge is 0.322 e. The third-order valence-corrected chi connectivity index (χ3v) is 3.25. The number of likely N-dealkylation sites (N-methyl/N-ethyl adjacent to an activating group) is 1. The van der Waals surface area contributed by atoms with Gasteiger partial charge in [-0.2, -0.15) is 15.0 Å². The summed E-state index contributed by atoms with van der Waals surface area (Å²) in [6.07, 6.45) is 0. The number of methoxy groups -OCH3 is 1. The molecule has 1 aliphatic heterocycles.